The molecule has 0 amide bonds. The summed E-state index contributed by atoms with van der Waals surface area (Å²) in [6.45, 7) is 8.89. The number of hydrogen-bond donors (Lipinski definition) is 0. The van der Waals surface area contributed by atoms with E-state index < -0.39 is 0 Å². The lowest BCUT2D eigenvalue weighted by Crippen LogP contribution is -2.19. The van der Waals surface area contributed by atoms with Crippen LogP contribution >= 0.6 is 0 Å². The molecule has 1 unspecified atom stereocenters. The Labute approximate surface area is 198 Å². The van der Waals surface area contributed by atoms with E-state index in [9.17, 15) is 9.59 Å². The van der Waals surface area contributed by atoms with E-state index >= 15 is 0 Å². The van der Waals surface area contributed by atoms with Gasteiger partial charge in [-0.15, -0.1) is 0 Å². The molecule has 0 radical (unpaired) electrons. The molecule has 1 atom stereocenters. The Morgan fingerprint density at radius 2 is 1.25 bits per heavy atom. The van der Waals surface area contributed by atoms with Gasteiger partial charge in [0.05, 0.1) is 6.61 Å². The van der Waals surface area contributed by atoms with E-state index in [2.05, 4.69) is 32.6 Å². The predicted molar refractivity (Wildman–Crippen MR) is 133 cm³/mol. The number of rotatable bonds is 20. The first-order valence-electron chi connectivity index (χ1n) is 13.3. The van der Waals surface area contributed by atoms with Gasteiger partial charge >= 0.3 is 11.9 Å². The van der Waals surface area contributed by atoms with Crippen LogP contribution in [0.1, 0.15) is 137 Å². The van der Waals surface area contributed by atoms with Crippen LogP contribution in [0.3, 0.4) is 0 Å². The van der Waals surface area contributed by atoms with Crippen LogP contribution < -0.4 is 0 Å². The number of carbonyl (C=O) groups is 2. The first kappa shape index (κ1) is 30.5. The molecule has 0 saturated carbocycles. The van der Waals surface area contributed by atoms with Crippen molar-refractivity contribution in [3.8, 4) is 11.8 Å². The van der Waals surface area contributed by atoms with E-state index in [-0.39, 0.29) is 30.9 Å². The fourth-order valence-electron chi connectivity index (χ4n) is 3.58. The summed E-state index contributed by atoms with van der Waals surface area (Å²) in [5.41, 5.74) is 0. The summed E-state index contributed by atoms with van der Waals surface area (Å²) in [5.74, 6) is 5.92. The second kappa shape index (κ2) is 22.7. The van der Waals surface area contributed by atoms with Crippen LogP contribution in [0.4, 0.5) is 0 Å². The van der Waals surface area contributed by atoms with E-state index in [0.717, 1.165) is 25.7 Å². The summed E-state index contributed by atoms with van der Waals surface area (Å²) < 4.78 is 10.8. The van der Waals surface area contributed by atoms with Gasteiger partial charge in [-0.25, -0.2) is 0 Å². The van der Waals surface area contributed by atoms with Crippen molar-refractivity contribution in [2.45, 2.75) is 143 Å². The van der Waals surface area contributed by atoms with Gasteiger partial charge in [0, 0.05) is 19.3 Å². The molecule has 4 nitrogen and oxygen atoms in total. The van der Waals surface area contributed by atoms with Crippen LogP contribution in [0.2, 0.25) is 0 Å². The molecule has 0 aliphatic carbocycles. The predicted octanol–water partition coefficient (Wildman–Crippen LogP) is 7.77. The number of ether oxygens (including phenoxy) is 2. The molecule has 0 aliphatic rings. The molecule has 0 N–H and O–H groups in total. The molecule has 0 aromatic carbocycles. The van der Waals surface area contributed by atoms with Crippen LogP contribution in [0.15, 0.2) is 0 Å². The Bertz CT molecular complexity index is 515. The highest BCUT2D eigenvalue weighted by atomic mass is 16.5. The Morgan fingerprint density at radius 3 is 1.78 bits per heavy atom. The van der Waals surface area contributed by atoms with Crippen LogP contribution in [-0.4, -0.2) is 24.6 Å². The van der Waals surface area contributed by atoms with Crippen molar-refractivity contribution in [2.24, 2.45) is 5.92 Å². The molecule has 32 heavy (non-hydrogen) atoms. The standard InChI is InChI=1S/C28H50O4/c1-5-7-9-10-11-12-13-14-15-16-17-18-23-31-27(29)21-19-22-28(30)32-26(20-8-6-2)24-25(3)4/h25-26H,5-7,9-19,21-24H2,1-4H3. The fraction of sp³-hybridized carbons (Fsp3) is 0.857. The Hall–Kier alpha value is -1.50. The lowest BCUT2D eigenvalue weighted by molar-refractivity contribution is -0.147. The zero-order valence-corrected chi connectivity index (χ0v) is 21.5. The topological polar surface area (TPSA) is 52.6 Å². The molecule has 0 aliphatic heterocycles. The van der Waals surface area contributed by atoms with Gasteiger partial charge in [0.25, 0.3) is 0 Å². The minimum atomic E-state index is -0.347. The minimum absolute atomic E-state index is 0.217. The zero-order valence-electron chi connectivity index (χ0n) is 21.5. The largest absolute Gasteiger partial charge is 0.466 e. The van der Waals surface area contributed by atoms with E-state index in [1.54, 1.807) is 0 Å². The molecule has 0 spiro atoms. The summed E-state index contributed by atoms with van der Waals surface area (Å²) in [4.78, 5) is 23.9. The van der Waals surface area contributed by atoms with Crippen LogP contribution in [0.25, 0.3) is 0 Å². The first-order valence-corrected chi connectivity index (χ1v) is 13.3. The SMILES string of the molecule is CCC#CC(CC(C)C)OC(=O)CCCC(=O)OCCCCCCCCCCCCCC. The maximum absolute atomic E-state index is 12.0. The van der Waals surface area contributed by atoms with Gasteiger partial charge in [0.2, 0.25) is 0 Å². The lowest BCUT2D eigenvalue weighted by atomic mass is 10.1. The van der Waals surface area contributed by atoms with Gasteiger partial charge in [-0.05, 0) is 25.2 Å². The molecular weight excluding hydrogens is 400 g/mol. The van der Waals surface area contributed by atoms with Crippen molar-refractivity contribution in [3.63, 3.8) is 0 Å². The third kappa shape index (κ3) is 21.7. The normalized spacial score (nSPS) is 11.7. The summed E-state index contributed by atoms with van der Waals surface area (Å²) in [6, 6.07) is 0. The smallest absolute Gasteiger partial charge is 0.307 e. The lowest BCUT2D eigenvalue weighted by Gasteiger charge is -2.14. The molecular formula is C28H50O4. The zero-order chi connectivity index (χ0) is 23.9. The molecule has 0 bridgehead atoms. The highest BCUT2D eigenvalue weighted by molar-refractivity contribution is 5.72. The summed E-state index contributed by atoms with van der Waals surface area (Å²) in [5, 5.41) is 0. The van der Waals surface area contributed by atoms with Crippen molar-refractivity contribution < 1.29 is 19.1 Å². The van der Waals surface area contributed by atoms with Gasteiger partial charge < -0.3 is 9.47 Å². The van der Waals surface area contributed by atoms with Crippen molar-refractivity contribution in [2.75, 3.05) is 6.61 Å². The van der Waals surface area contributed by atoms with Crippen molar-refractivity contribution in [1.82, 2.24) is 0 Å². The molecule has 0 heterocycles. The molecule has 186 valence electrons. The van der Waals surface area contributed by atoms with Crippen LogP contribution in [0.5, 0.6) is 0 Å². The highest BCUT2D eigenvalue weighted by Crippen LogP contribution is 2.13. The van der Waals surface area contributed by atoms with Crippen molar-refractivity contribution in [3.05, 3.63) is 0 Å². The average molecular weight is 451 g/mol. The second-order valence-corrected chi connectivity index (χ2v) is 9.25. The Kier molecular flexibility index (Phi) is 21.6. The average Bonchev–Trinajstić information content (AvgIpc) is 2.75. The third-order valence-electron chi connectivity index (χ3n) is 5.42. The maximum Gasteiger partial charge on any atom is 0.307 e. The number of unbranched alkanes of at least 4 members (excludes halogenated alkanes) is 11. The number of carbonyl (C=O) groups excluding carboxylic acids is 2. The van der Waals surface area contributed by atoms with Gasteiger partial charge in [-0.3, -0.25) is 9.59 Å². The Balaban J connectivity index is 3.60. The molecule has 0 saturated heterocycles. The van der Waals surface area contributed by atoms with E-state index in [4.69, 9.17) is 9.47 Å². The van der Waals surface area contributed by atoms with E-state index in [1.165, 1.54) is 64.2 Å². The summed E-state index contributed by atoms with van der Waals surface area (Å²) >= 11 is 0. The van der Waals surface area contributed by atoms with E-state index in [1.807, 2.05) is 6.92 Å². The minimum Gasteiger partial charge on any atom is -0.466 e. The molecule has 0 fully saturated rings. The monoisotopic (exact) mass is 450 g/mol. The molecule has 4 heteroatoms. The quantitative estimate of drug-likeness (QED) is 0.108. The van der Waals surface area contributed by atoms with Gasteiger partial charge in [-0.1, -0.05) is 110 Å². The van der Waals surface area contributed by atoms with Crippen LogP contribution in [-0.2, 0) is 19.1 Å². The number of hydrogen-bond acceptors (Lipinski definition) is 4. The summed E-state index contributed by atoms with van der Waals surface area (Å²) in [6.07, 6.45) is 17.6. The van der Waals surface area contributed by atoms with Gasteiger partial charge in [0.1, 0.15) is 0 Å². The fourth-order valence-corrected chi connectivity index (χ4v) is 3.58. The highest BCUT2D eigenvalue weighted by Gasteiger charge is 2.14. The van der Waals surface area contributed by atoms with Gasteiger partial charge in [0.15, 0.2) is 6.10 Å². The molecule has 0 rings (SSSR count). The maximum atomic E-state index is 12.0. The van der Waals surface area contributed by atoms with Crippen LogP contribution in [0, 0.1) is 17.8 Å². The van der Waals surface area contributed by atoms with Crippen molar-refractivity contribution in [1.29, 1.82) is 0 Å². The second-order valence-electron chi connectivity index (χ2n) is 9.25. The third-order valence-corrected chi connectivity index (χ3v) is 5.42. The van der Waals surface area contributed by atoms with Crippen molar-refractivity contribution >= 4 is 11.9 Å². The van der Waals surface area contributed by atoms with Gasteiger partial charge in [-0.2, -0.15) is 0 Å². The van der Waals surface area contributed by atoms with E-state index in [0.29, 0.717) is 18.9 Å². The first-order chi connectivity index (χ1) is 15.5. The Morgan fingerprint density at radius 1 is 0.719 bits per heavy atom. The number of esters is 2. The summed E-state index contributed by atoms with van der Waals surface area (Å²) in [7, 11) is 0. The molecule has 0 aromatic heterocycles. The molecule has 0 aromatic rings.